The summed E-state index contributed by atoms with van der Waals surface area (Å²) in [5.41, 5.74) is 3.39. The van der Waals surface area contributed by atoms with Crippen molar-refractivity contribution in [1.29, 1.82) is 0 Å². The summed E-state index contributed by atoms with van der Waals surface area (Å²) in [7, 11) is 0. The van der Waals surface area contributed by atoms with Gasteiger partial charge in [0, 0.05) is 5.69 Å². The summed E-state index contributed by atoms with van der Waals surface area (Å²) in [6.45, 7) is -0.170. The second kappa shape index (κ2) is 5.31. The third-order valence-corrected chi connectivity index (χ3v) is 7.44. The van der Waals surface area contributed by atoms with Crippen molar-refractivity contribution < 1.29 is 14.4 Å². The fraction of sp³-hybridized carbons (Fsp3) is 0.500. The quantitative estimate of drug-likeness (QED) is 0.662. The van der Waals surface area contributed by atoms with Crippen molar-refractivity contribution in [1.82, 2.24) is 4.90 Å². The minimum absolute atomic E-state index is 0.140. The van der Waals surface area contributed by atoms with Crippen LogP contribution >= 0.6 is 0 Å². The largest absolute Gasteiger partial charge is 0.325 e. The van der Waals surface area contributed by atoms with Crippen molar-refractivity contribution in [2.45, 2.75) is 25.7 Å². The van der Waals surface area contributed by atoms with Gasteiger partial charge in [0.15, 0.2) is 0 Å². The molecule has 0 aromatic heterocycles. The molecule has 5 nitrogen and oxygen atoms in total. The second-order valence-electron chi connectivity index (χ2n) is 8.80. The maximum Gasteiger partial charge on any atom is 0.244 e. The lowest BCUT2D eigenvalue weighted by Gasteiger charge is -2.37. The molecule has 0 radical (unpaired) electrons. The molecule has 5 aliphatic carbocycles. The molecule has 1 saturated heterocycles. The molecule has 138 valence electrons. The average Bonchev–Trinajstić information content (AvgIpc) is 3.31. The van der Waals surface area contributed by atoms with Crippen LogP contribution in [0.15, 0.2) is 30.4 Å². The van der Waals surface area contributed by atoms with E-state index >= 15 is 0 Å². The van der Waals surface area contributed by atoms with Gasteiger partial charge in [0.1, 0.15) is 6.54 Å². The number of rotatable bonds is 3. The van der Waals surface area contributed by atoms with Gasteiger partial charge in [-0.3, -0.25) is 19.3 Å². The number of hydrogen-bond acceptors (Lipinski definition) is 3. The molecule has 1 aromatic carbocycles. The number of nitrogens with one attached hydrogen (secondary N) is 1. The van der Waals surface area contributed by atoms with Crippen LogP contribution in [0.2, 0.25) is 0 Å². The van der Waals surface area contributed by atoms with Gasteiger partial charge < -0.3 is 5.32 Å². The van der Waals surface area contributed by atoms with Crippen LogP contribution in [0.25, 0.3) is 0 Å². The highest BCUT2D eigenvalue weighted by Gasteiger charge is 2.67. The van der Waals surface area contributed by atoms with Gasteiger partial charge in [0.25, 0.3) is 0 Å². The number of imide groups is 1. The first kappa shape index (κ1) is 15.6. The number of amides is 3. The molecule has 2 bridgehead atoms. The monoisotopic (exact) mass is 362 g/mol. The molecular formula is C22H22N2O3. The van der Waals surface area contributed by atoms with E-state index in [9.17, 15) is 14.4 Å². The van der Waals surface area contributed by atoms with Gasteiger partial charge in [-0.2, -0.15) is 0 Å². The molecule has 1 aliphatic heterocycles. The molecule has 1 aromatic rings. The number of carbonyl (C=O) groups excluding carboxylic acids is 3. The number of aryl methyl sites for hydroxylation is 2. The molecule has 1 heterocycles. The zero-order valence-electron chi connectivity index (χ0n) is 15.1. The van der Waals surface area contributed by atoms with E-state index in [2.05, 4.69) is 23.5 Å². The topological polar surface area (TPSA) is 66.5 Å². The van der Waals surface area contributed by atoms with Crippen molar-refractivity contribution in [3.05, 3.63) is 41.5 Å². The highest BCUT2D eigenvalue weighted by atomic mass is 16.2. The molecule has 3 fully saturated rings. The summed E-state index contributed by atoms with van der Waals surface area (Å²) in [5.74, 6) is 0.526. The molecule has 2 saturated carbocycles. The molecule has 0 unspecified atom stereocenters. The van der Waals surface area contributed by atoms with Crippen LogP contribution in [0.3, 0.4) is 0 Å². The predicted molar refractivity (Wildman–Crippen MR) is 98.5 cm³/mol. The molecule has 5 heteroatoms. The first-order chi connectivity index (χ1) is 13.1. The Labute approximate surface area is 157 Å². The standard InChI is InChI=1S/C22H22N2O3/c25-18(23-13-5-4-11-2-1-3-12(11)8-13)10-24-21(26)19-14-6-7-15(17-9-16(14)17)20(19)22(24)27/h4-8,14-17,19-20H,1-3,9-10H2,(H,23,25)/t14-,15-,16-,17-,19-,20+/m0/s1. The second-order valence-corrected chi connectivity index (χ2v) is 8.80. The van der Waals surface area contributed by atoms with E-state index in [1.165, 1.54) is 16.0 Å². The van der Waals surface area contributed by atoms with Crippen molar-refractivity contribution in [3.8, 4) is 0 Å². The zero-order valence-corrected chi connectivity index (χ0v) is 15.1. The van der Waals surface area contributed by atoms with E-state index in [1.807, 2.05) is 12.1 Å². The normalized spacial score (nSPS) is 37.3. The summed E-state index contributed by atoms with van der Waals surface area (Å²) in [4.78, 5) is 39.6. The lowest BCUT2D eigenvalue weighted by molar-refractivity contribution is -0.142. The number of nitrogens with zero attached hydrogens (tertiary/aromatic N) is 1. The van der Waals surface area contributed by atoms with Gasteiger partial charge in [0.05, 0.1) is 11.8 Å². The third kappa shape index (κ3) is 2.14. The Balaban J connectivity index is 1.19. The van der Waals surface area contributed by atoms with Crippen LogP contribution in [0.4, 0.5) is 5.69 Å². The van der Waals surface area contributed by atoms with E-state index in [0.717, 1.165) is 31.4 Å². The number of benzene rings is 1. The summed E-state index contributed by atoms with van der Waals surface area (Å²) in [6.07, 6.45) is 8.75. The van der Waals surface area contributed by atoms with Crippen molar-refractivity contribution in [2.75, 3.05) is 11.9 Å². The van der Waals surface area contributed by atoms with Crippen LogP contribution in [0, 0.1) is 35.5 Å². The molecule has 6 atom stereocenters. The predicted octanol–water partition coefficient (Wildman–Crippen LogP) is 2.17. The van der Waals surface area contributed by atoms with Crippen LogP contribution in [0.5, 0.6) is 0 Å². The van der Waals surface area contributed by atoms with E-state index in [0.29, 0.717) is 11.8 Å². The lowest BCUT2D eigenvalue weighted by atomic mass is 9.63. The Morgan fingerprint density at radius 3 is 2.37 bits per heavy atom. The number of allylic oxidation sites excluding steroid dienone is 2. The molecule has 0 spiro atoms. The van der Waals surface area contributed by atoms with Crippen molar-refractivity contribution in [2.24, 2.45) is 35.5 Å². The molecule has 6 aliphatic rings. The zero-order chi connectivity index (χ0) is 18.3. The summed E-state index contributed by atoms with van der Waals surface area (Å²) >= 11 is 0. The van der Waals surface area contributed by atoms with E-state index in [4.69, 9.17) is 0 Å². The molecule has 7 rings (SSSR count). The van der Waals surface area contributed by atoms with Crippen LogP contribution in [-0.4, -0.2) is 29.2 Å². The van der Waals surface area contributed by atoms with Gasteiger partial charge in [-0.15, -0.1) is 0 Å². The smallest absolute Gasteiger partial charge is 0.244 e. The number of hydrogen-bond donors (Lipinski definition) is 1. The summed E-state index contributed by atoms with van der Waals surface area (Å²) < 4.78 is 0. The fourth-order valence-corrected chi connectivity index (χ4v) is 6.17. The Morgan fingerprint density at radius 2 is 1.67 bits per heavy atom. The molecule has 3 amide bonds. The minimum Gasteiger partial charge on any atom is -0.325 e. The van der Waals surface area contributed by atoms with Crippen molar-refractivity contribution in [3.63, 3.8) is 0 Å². The average molecular weight is 362 g/mol. The Morgan fingerprint density at radius 1 is 1.00 bits per heavy atom. The number of anilines is 1. The fourth-order valence-electron chi connectivity index (χ4n) is 6.17. The number of likely N-dealkylation sites (tertiary alicyclic amines) is 1. The lowest BCUT2D eigenvalue weighted by Crippen LogP contribution is -2.40. The van der Waals surface area contributed by atoms with Crippen LogP contribution in [0.1, 0.15) is 24.0 Å². The SMILES string of the molecule is O=C(CN1C(=O)[C@@H]2[C@H]3C=C[C@@H]([C@@H]4C[C@@H]34)[C@@H]2C1=O)Nc1ccc2c(c1)CCC2. The first-order valence-electron chi connectivity index (χ1n) is 10.1. The maximum atomic E-state index is 12.9. The Bertz CT molecular complexity index is 884. The van der Waals surface area contributed by atoms with Gasteiger partial charge >= 0.3 is 0 Å². The highest BCUT2D eigenvalue weighted by molar-refractivity contribution is 6.09. The Kier molecular flexibility index (Phi) is 3.07. The molecular weight excluding hydrogens is 340 g/mol. The molecule has 27 heavy (non-hydrogen) atoms. The highest BCUT2D eigenvalue weighted by Crippen LogP contribution is 2.65. The van der Waals surface area contributed by atoms with Gasteiger partial charge in [0.2, 0.25) is 17.7 Å². The van der Waals surface area contributed by atoms with E-state index in [1.54, 1.807) is 0 Å². The maximum absolute atomic E-state index is 12.9. The van der Waals surface area contributed by atoms with E-state index in [-0.39, 0.29) is 47.9 Å². The van der Waals surface area contributed by atoms with Crippen molar-refractivity contribution >= 4 is 23.4 Å². The van der Waals surface area contributed by atoms with Crippen LogP contribution < -0.4 is 5.32 Å². The third-order valence-electron chi connectivity index (χ3n) is 7.44. The van der Waals surface area contributed by atoms with E-state index < -0.39 is 0 Å². The Hall–Kier alpha value is -2.43. The van der Waals surface area contributed by atoms with Gasteiger partial charge in [-0.05, 0) is 72.6 Å². The summed E-state index contributed by atoms with van der Waals surface area (Å²) in [6, 6.07) is 5.99. The number of carbonyl (C=O) groups is 3. The first-order valence-corrected chi connectivity index (χ1v) is 10.1. The minimum atomic E-state index is -0.293. The van der Waals surface area contributed by atoms with Gasteiger partial charge in [-0.25, -0.2) is 0 Å². The molecule has 1 N–H and O–H groups in total. The number of fused-ring (bicyclic) bond motifs is 1. The summed E-state index contributed by atoms with van der Waals surface area (Å²) in [5, 5.41) is 2.88. The van der Waals surface area contributed by atoms with Gasteiger partial charge in [-0.1, -0.05) is 18.2 Å². The van der Waals surface area contributed by atoms with Crippen LogP contribution in [-0.2, 0) is 27.2 Å².